The molecule has 1 aromatic rings. The van der Waals surface area contributed by atoms with Crippen molar-refractivity contribution in [1.82, 2.24) is 0 Å². The first-order valence-corrected chi connectivity index (χ1v) is 6.05. The molecule has 3 N–H and O–H groups in total. The van der Waals surface area contributed by atoms with Gasteiger partial charge in [-0.05, 0) is 25.1 Å². The number of ether oxygens (including phenoxy) is 1. The van der Waals surface area contributed by atoms with E-state index in [2.05, 4.69) is 5.32 Å². The van der Waals surface area contributed by atoms with Crippen LogP contribution in [0.4, 0.5) is 18.9 Å². The lowest BCUT2D eigenvalue weighted by molar-refractivity contribution is -0.137. The van der Waals surface area contributed by atoms with Gasteiger partial charge >= 0.3 is 6.18 Å². The largest absolute Gasteiger partial charge is 0.416 e. The Morgan fingerprint density at radius 3 is 2.60 bits per heavy atom. The van der Waals surface area contributed by atoms with Gasteiger partial charge in [-0.1, -0.05) is 12.2 Å². The topological polar surface area (TPSA) is 64.3 Å². The van der Waals surface area contributed by atoms with E-state index in [0.29, 0.717) is 6.61 Å². The molecule has 0 heterocycles. The van der Waals surface area contributed by atoms with Gasteiger partial charge in [-0.3, -0.25) is 4.79 Å². The average molecular weight is 306 g/mol. The van der Waals surface area contributed by atoms with Crippen LogP contribution in [0.15, 0.2) is 18.2 Å². The number of benzene rings is 1. The van der Waals surface area contributed by atoms with E-state index in [1.54, 1.807) is 6.92 Å². The summed E-state index contributed by atoms with van der Waals surface area (Å²) in [6.45, 7) is 1.86. The number of alkyl halides is 3. The van der Waals surface area contributed by atoms with Gasteiger partial charge in [0.25, 0.3) is 0 Å². The van der Waals surface area contributed by atoms with E-state index in [4.69, 9.17) is 22.7 Å². The van der Waals surface area contributed by atoms with E-state index in [-0.39, 0.29) is 22.8 Å². The van der Waals surface area contributed by atoms with Gasteiger partial charge in [0.15, 0.2) is 0 Å². The van der Waals surface area contributed by atoms with Crippen LogP contribution in [-0.4, -0.2) is 24.1 Å². The number of amides is 1. The predicted molar refractivity (Wildman–Crippen MR) is 72.5 cm³/mol. The molecular weight excluding hydrogens is 293 g/mol. The molecule has 1 aromatic carbocycles. The molecule has 0 atom stereocenters. The Labute approximate surface area is 119 Å². The van der Waals surface area contributed by atoms with Gasteiger partial charge in [0, 0.05) is 12.2 Å². The SMILES string of the molecule is CCOCC(=O)Nc1ccc(C(F)(F)F)cc1C(N)=S. The van der Waals surface area contributed by atoms with Gasteiger partial charge in [-0.2, -0.15) is 13.2 Å². The molecule has 20 heavy (non-hydrogen) atoms. The Kier molecular flexibility index (Phi) is 5.46. The molecule has 0 aromatic heterocycles. The van der Waals surface area contributed by atoms with Crippen molar-refractivity contribution >= 4 is 28.8 Å². The number of halogens is 3. The predicted octanol–water partition coefficient (Wildman–Crippen LogP) is 2.31. The minimum absolute atomic E-state index is 0.0420. The molecule has 8 heteroatoms. The fraction of sp³-hybridized carbons (Fsp3) is 0.333. The number of hydrogen-bond acceptors (Lipinski definition) is 3. The summed E-state index contributed by atoms with van der Waals surface area (Å²) in [7, 11) is 0. The number of rotatable bonds is 5. The van der Waals surface area contributed by atoms with Crippen molar-refractivity contribution in [2.75, 3.05) is 18.5 Å². The van der Waals surface area contributed by atoms with Crippen molar-refractivity contribution in [3.8, 4) is 0 Å². The van der Waals surface area contributed by atoms with Crippen LogP contribution in [0.3, 0.4) is 0 Å². The Hall–Kier alpha value is -1.67. The summed E-state index contributed by atoms with van der Waals surface area (Å²) in [4.78, 5) is 11.3. The van der Waals surface area contributed by atoms with Gasteiger partial charge in [-0.15, -0.1) is 0 Å². The first-order valence-electron chi connectivity index (χ1n) is 5.64. The van der Waals surface area contributed by atoms with E-state index in [1.165, 1.54) is 0 Å². The zero-order chi connectivity index (χ0) is 15.3. The Balaban J connectivity index is 3.02. The van der Waals surface area contributed by atoms with Crippen molar-refractivity contribution in [1.29, 1.82) is 0 Å². The summed E-state index contributed by atoms with van der Waals surface area (Å²) < 4.78 is 42.7. The summed E-state index contributed by atoms with van der Waals surface area (Å²) in [5.74, 6) is -0.496. The maximum absolute atomic E-state index is 12.6. The number of hydrogen-bond donors (Lipinski definition) is 2. The number of carbonyl (C=O) groups excluding carboxylic acids is 1. The summed E-state index contributed by atoms with van der Waals surface area (Å²) >= 11 is 4.70. The molecule has 110 valence electrons. The third kappa shape index (κ3) is 4.46. The van der Waals surface area contributed by atoms with E-state index < -0.39 is 17.6 Å². The first-order chi connectivity index (χ1) is 9.25. The Bertz CT molecular complexity index is 518. The molecule has 0 fully saturated rings. The molecule has 4 nitrogen and oxygen atoms in total. The van der Waals surface area contributed by atoms with Crippen molar-refractivity contribution in [3.63, 3.8) is 0 Å². The second-order valence-electron chi connectivity index (χ2n) is 3.81. The fourth-order valence-corrected chi connectivity index (χ4v) is 1.58. The normalized spacial score (nSPS) is 11.2. The molecular formula is C12H13F3N2O2S. The molecule has 0 bridgehead atoms. The smallest absolute Gasteiger partial charge is 0.389 e. The van der Waals surface area contributed by atoms with Crippen LogP contribution in [-0.2, 0) is 15.7 Å². The third-order valence-corrected chi connectivity index (χ3v) is 2.54. The van der Waals surface area contributed by atoms with Crippen LogP contribution in [0.1, 0.15) is 18.1 Å². The molecule has 0 aliphatic carbocycles. The molecule has 0 aliphatic rings. The van der Waals surface area contributed by atoms with Crippen LogP contribution < -0.4 is 11.1 Å². The molecule has 0 spiro atoms. The third-order valence-electron chi connectivity index (χ3n) is 2.32. The molecule has 0 saturated carbocycles. The van der Waals surface area contributed by atoms with Gasteiger partial charge in [0.1, 0.15) is 11.6 Å². The lowest BCUT2D eigenvalue weighted by atomic mass is 10.1. The monoisotopic (exact) mass is 306 g/mol. The zero-order valence-electron chi connectivity index (χ0n) is 10.6. The molecule has 0 saturated heterocycles. The average Bonchev–Trinajstić information content (AvgIpc) is 2.35. The summed E-state index contributed by atoms with van der Waals surface area (Å²) in [6, 6.07) is 2.76. The summed E-state index contributed by atoms with van der Waals surface area (Å²) in [5.41, 5.74) is 4.58. The van der Waals surface area contributed by atoms with Crippen molar-refractivity contribution in [3.05, 3.63) is 29.3 Å². The summed E-state index contributed by atoms with van der Waals surface area (Å²) in [5, 5.41) is 2.41. The standard InChI is InChI=1S/C12H13F3N2O2S/c1-2-19-6-10(18)17-9-4-3-7(12(13,14)15)5-8(9)11(16)20/h3-5H,2,6H2,1H3,(H2,16,20)(H,17,18). The van der Waals surface area contributed by atoms with Crippen molar-refractivity contribution < 1.29 is 22.7 Å². The molecule has 0 radical (unpaired) electrons. The van der Waals surface area contributed by atoms with E-state index >= 15 is 0 Å². The van der Waals surface area contributed by atoms with Crippen molar-refractivity contribution in [2.45, 2.75) is 13.1 Å². The number of carbonyl (C=O) groups is 1. The highest BCUT2D eigenvalue weighted by molar-refractivity contribution is 7.80. The Morgan fingerprint density at radius 1 is 1.45 bits per heavy atom. The van der Waals surface area contributed by atoms with Crippen LogP contribution in [0.25, 0.3) is 0 Å². The van der Waals surface area contributed by atoms with Gasteiger partial charge in [0.05, 0.1) is 11.3 Å². The minimum atomic E-state index is -4.51. The molecule has 1 amide bonds. The van der Waals surface area contributed by atoms with E-state index in [1.807, 2.05) is 0 Å². The maximum Gasteiger partial charge on any atom is 0.416 e. The lowest BCUT2D eigenvalue weighted by Crippen LogP contribution is -2.22. The van der Waals surface area contributed by atoms with Crippen LogP contribution in [0.5, 0.6) is 0 Å². The second kappa shape index (κ2) is 6.67. The molecule has 0 aliphatic heterocycles. The Morgan fingerprint density at radius 2 is 2.10 bits per heavy atom. The zero-order valence-corrected chi connectivity index (χ0v) is 11.4. The van der Waals surface area contributed by atoms with E-state index in [0.717, 1.165) is 18.2 Å². The maximum atomic E-state index is 12.6. The van der Waals surface area contributed by atoms with Crippen LogP contribution in [0.2, 0.25) is 0 Å². The second-order valence-corrected chi connectivity index (χ2v) is 4.25. The highest BCUT2D eigenvalue weighted by Gasteiger charge is 2.31. The van der Waals surface area contributed by atoms with Gasteiger partial charge in [0.2, 0.25) is 5.91 Å². The van der Waals surface area contributed by atoms with Gasteiger partial charge in [-0.25, -0.2) is 0 Å². The fourth-order valence-electron chi connectivity index (χ4n) is 1.41. The number of nitrogens with one attached hydrogen (secondary N) is 1. The number of nitrogens with two attached hydrogens (primary N) is 1. The minimum Gasteiger partial charge on any atom is -0.389 e. The summed E-state index contributed by atoms with van der Waals surface area (Å²) in [6.07, 6.45) is -4.51. The lowest BCUT2D eigenvalue weighted by Gasteiger charge is -2.13. The number of thiocarbonyl (C=S) groups is 1. The van der Waals surface area contributed by atoms with Gasteiger partial charge < -0.3 is 15.8 Å². The van der Waals surface area contributed by atoms with Crippen LogP contribution >= 0.6 is 12.2 Å². The molecule has 0 unspecified atom stereocenters. The number of anilines is 1. The highest BCUT2D eigenvalue weighted by atomic mass is 32.1. The first kappa shape index (κ1) is 16.4. The van der Waals surface area contributed by atoms with Crippen molar-refractivity contribution in [2.24, 2.45) is 5.73 Å². The quantitative estimate of drug-likeness (QED) is 0.819. The highest BCUT2D eigenvalue weighted by Crippen LogP contribution is 2.31. The van der Waals surface area contributed by atoms with E-state index in [9.17, 15) is 18.0 Å². The van der Waals surface area contributed by atoms with Crippen LogP contribution in [0, 0.1) is 0 Å². The molecule has 1 rings (SSSR count).